The molecule has 2 fully saturated rings. The van der Waals surface area contributed by atoms with Crippen molar-refractivity contribution in [2.45, 2.75) is 56.8 Å². The van der Waals surface area contributed by atoms with Crippen molar-refractivity contribution in [1.29, 1.82) is 0 Å². The van der Waals surface area contributed by atoms with Crippen LogP contribution in [0.3, 0.4) is 0 Å². The minimum absolute atomic E-state index is 0.00480. The molecule has 3 heterocycles. The number of piperidine rings is 1. The fraction of sp³-hybridized carbons (Fsp3) is 0.500. The molecular formula is C26H34N4O. The molecule has 2 atom stereocenters. The van der Waals surface area contributed by atoms with E-state index < -0.39 is 0 Å². The van der Waals surface area contributed by atoms with Crippen molar-refractivity contribution < 1.29 is 4.79 Å². The minimum atomic E-state index is -0.00480. The molecule has 164 valence electrons. The van der Waals surface area contributed by atoms with E-state index >= 15 is 0 Å². The second-order valence-corrected chi connectivity index (χ2v) is 10.3. The Kier molecular flexibility index (Phi) is 5.27. The average Bonchev–Trinajstić information content (AvgIpc) is 3.02. The molecule has 0 radical (unpaired) electrons. The molecule has 2 saturated heterocycles. The standard InChI is InChI=1S/C26H34N4O/c1-26(2)18-30(24-12-8-7-11-23(24)26)25(31)27-20-13-21-16-29(17-22(14-20)28(21)3)15-19-9-5-4-6-10-19/h4-12,20-22H,13-18H2,1-3H3,(H,27,31). The van der Waals surface area contributed by atoms with E-state index in [4.69, 9.17) is 0 Å². The van der Waals surface area contributed by atoms with Crippen molar-refractivity contribution >= 4 is 11.7 Å². The first-order valence-corrected chi connectivity index (χ1v) is 11.6. The summed E-state index contributed by atoms with van der Waals surface area (Å²) in [6.07, 6.45) is 2.03. The topological polar surface area (TPSA) is 38.8 Å². The summed E-state index contributed by atoms with van der Waals surface area (Å²) in [4.78, 5) is 20.3. The van der Waals surface area contributed by atoms with E-state index in [-0.39, 0.29) is 17.5 Å². The third-order valence-electron chi connectivity index (χ3n) is 7.50. The monoisotopic (exact) mass is 418 g/mol. The highest BCUT2D eigenvalue weighted by Crippen LogP contribution is 2.40. The number of piperazine rings is 1. The van der Waals surface area contributed by atoms with Gasteiger partial charge < -0.3 is 5.32 Å². The maximum Gasteiger partial charge on any atom is 0.322 e. The molecule has 2 aromatic rings. The number of nitrogens with zero attached hydrogens (tertiary/aromatic N) is 3. The van der Waals surface area contributed by atoms with Gasteiger partial charge in [-0.1, -0.05) is 62.4 Å². The van der Waals surface area contributed by atoms with E-state index in [0.717, 1.165) is 44.7 Å². The molecule has 5 nitrogen and oxygen atoms in total. The summed E-state index contributed by atoms with van der Waals surface area (Å²) in [5, 5.41) is 3.39. The molecular weight excluding hydrogens is 384 g/mol. The van der Waals surface area contributed by atoms with Gasteiger partial charge in [-0.05, 0) is 37.1 Å². The number of amides is 2. The number of carbonyl (C=O) groups is 1. The van der Waals surface area contributed by atoms with Crippen LogP contribution in [-0.2, 0) is 12.0 Å². The molecule has 2 amide bonds. The predicted molar refractivity (Wildman–Crippen MR) is 125 cm³/mol. The lowest BCUT2D eigenvalue weighted by Gasteiger charge is -2.51. The summed E-state index contributed by atoms with van der Waals surface area (Å²) in [6.45, 7) is 8.32. The first-order valence-electron chi connectivity index (χ1n) is 11.6. The quantitative estimate of drug-likeness (QED) is 0.823. The lowest BCUT2D eigenvalue weighted by Crippen LogP contribution is -2.64. The number of likely N-dealkylation sites (tertiary alicyclic amines) is 1. The highest BCUT2D eigenvalue weighted by Gasteiger charge is 2.42. The second-order valence-electron chi connectivity index (χ2n) is 10.3. The van der Waals surface area contributed by atoms with Gasteiger partial charge in [-0.25, -0.2) is 4.79 Å². The number of hydrogen-bond acceptors (Lipinski definition) is 3. The van der Waals surface area contributed by atoms with Crippen LogP contribution in [0.1, 0.15) is 37.8 Å². The van der Waals surface area contributed by atoms with E-state index in [1.165, 1.54) is 11.1 Å². The molecule has 0 saturated carbocycles. The van der Waals surface area contributed by atoms with Crippen molar-refractivity contribution in [3.8, 4) is 0 Å². The maximum absolute atomic E-state index is 13.3. The Hall–Kier alpha value is -2.37. The van der Waals surface area contributed by atoms with E-state index in [0.29, 0.717) is 12.1 Å². The molecule has 2 bridgehead atoms. The minimum Gasteiger partial charge on any atom is -0.335 e. The number of nitrogens with one attached hydrogen (secondary N) is 1. The van der Waals surface area contributed by atoms with Gasteiger partial charge >= 0.3 is 6.03 Å². The Morgan fingerprint density at radius 3 is 2.35 bits per heavy atom. The SMILES string of the molecule is CN1C2CC(NC(=O)N3CC(C)(C)c4ccccc43)CC1CN(Cc1ccccc1)C2. The fourth-order valence-corrected chi connectivity index (χ4v) is 5.83. The molecule has 0 spiro atoms. The van der Waals surface area contributed by atoms with Crippen LogP contribution in [-0.4, -0.2) is 60.6 Å². The molecule has 3 aliphatic rings. The van der Waals surface area contributed by atoms with Crippen LogP contribution in [0, 0.1) is 0 Å². The van der Waals surface area contributed by atoms with Crippen LogP contribution in [0.4, 0.5) is 10.5 Å². The van der Waals surface area contributed by atoms with Gasteiger partial charge in [-0.2, -0.15) is 0 Å². The number of carbonyl (C=O) groups excluding carboxylic acids is 1. The van der Waals surface area contributed by atoms with Crippen LogP contribution < -0.4 is 10.2 Å². The third-order valence-corrected chi connectivity index (χ3v) is 7.50. The van der Waals surface area contributed by atoms with Gasteiger partial charge in [0.05, 0.1) is 0 Å². The number of urea groups is 1. The summed E-state index contributed by atoms with van der Waals surface area (Å²) in [5.74, 6) is 0. The Balaban J connectivity index is 1.23. The molecule has 5 rings (SSSR count). The summed E-state index contributed by atoms with van der Waals surface area (Å²) in [5.41, 5.74) is 3.70. The molecule has 3 aliphatic heterocycles. The Bertz CT molecular complexity index is 927. The zero-order valence-electron chi connectivity index (χ0n) is 18.9. The van der Waals surface area contributed by atoms with E-state index in [1.54, 1.807) is 0 Å². The van der Waals surface area contributed by atoms with Crippen molar-refractivity contribution in [2.24, 2.45) is 0 Å². The molecule has 2 aromatic carbocycles. The average molecular weight is 419 g/mol. The number of anilines is 1. The van der Waals surface area contributed by atoms with Gasteiger partial charge in [-0.3, -0.25) is 14.7 Å². The van der Waals surface area contributed by atoms with Gasteiger partial charge in [0.1, 0.15) is 0 Å². The summed E-state index contributed by atoms with van der Waals surface area (Å²) < 4.78 is 0. The van der Waals surface area contributed by atoms with E-state index in [1.807, 2.05) is 11.0 Å². The molecule has 31 heavy (non-hydrogen) atoms. The Labute approximate surface area is 186 Å². The van der Waals surface area contributed by atoms with E-state index in [9.17, 15) is 4.79 Å². The lowest BCUT2D eigenvalue weighted by atomic mass is 9.87. The molecule has 2 unspecified atom stereocenters. The van der Waals surface area contributed by atoms with Crippen LogP contribution in [0.25, 0.3) is 0 Å². The second kappa shape index (κ2) is 7.95. The first kappa shape index (κ1) is 20.5. The fourth-order valence-electron chi connectivity index (χ4n) is 5.83. The van der Waals surface area contributed by atoms with Gasteiger partial charge in [0.2, 0.25) is 0 Å². The van der Waals surface area contributed by atoms with Crippen LogP contribution >= 0.6 is 0 Å². The number of benzene rings is 2. The highest BCUT2D eigenvalue weighted by molar-refractivity contribution is 5.95. The van der Waals surface area contributed by atoms with Gasteiger partial charge in [-0.15, -0.1) is 0 Å². The van der Waals surface area contributed by atoms with E-state index in [2.05, 4.69) is 84.5 Å². The summed E-state index contributed by atoms with van der Waals surface area (Å²) in [6, 6.07) is 20.4. The maximum atomic E-state index is 13.3. The van der Waals surface area contributed by atoms with Gasteiger partial charge in [0, 0.05) is 55.4 Å². The third kappa shape index (κ3) is 3.97. The van der Waals surface area contributed by atoms with Crippen molar-refractivity contribution in [2.75, 3.05) is 31.6 Å². The van der Waals surface area contributed by atoms with Gasteiger partial charge in [0.15, 0.2) is 0 Å². The van der Waals surface area contributed by atoms with Gasteiger partial charge in [0.25, 0.3) is 0 Å². The number of para-hydroxylation sites is 1. The van der Waals surface area contributed by atoms with Crippen molar-refractivity contribution in [3.05, 3.63) is 65.7 Å². The molecule has 0 aromatic heterocycles. The smallest absolute Gasteiger partial charge is 0.322 e. The summed E-state index contributed by atoms with van der Waals surface area (Å²) >= 11 is 0. The lowest BCUT2D eigenvalue weighted by molar-refractivity contribution is -0.00393. The summed E-state index contributed by atoms with van der Waals surface area (Å²) in [7, 11) is 2.26. The number of rotatable bonds is 3. The number of likely N-dealkylation sites (N-methyl/N-ethyl adjacent to an activating group) is 1. The van der Waals surface area contributed by atoms with Crippen LogP contribution in [0.15, 0.2) is 54.6 Å². The normalized spacial score (nSPS) is 27.7. The largest absolute Gasteiger partial charge is 0.335 e. The first-order chi connectivity index (χ1) is 14.9. The Morgan fingerprint density at radius 1 is 1.00 bits per heavy atom. The van der Waals surface area contributed by atoms with Crippen molar-refractivity contribution in [3.63, 3.8) is 0 Å². The zero-order valence-corrected chi connectivity index (χ0v) is 18.9. The van der Waals surface area contributed by atoms with Crippen molar-refractivity contribution in [1.82, 2.24) is 15.1 Å². The number of fused-ring (bicyclic) bond motifs is 3. The number of hydrogen-bond donors (Lipinski definition) is 1. The highest BCUT2D eigenvalue weighted by atomic mass is 16.2. The predicted octanol–water partition coefficient (Wildman–Crippen LogP) is 3.84. The van der Waals surface area contributed by atoms with Crippen LogP contribution in [0.2, 0.25) is 0 Å². The zero-order chi connectivity index (χ0) is 21.6. The Morgan fingerprint density at radius 2 is 1.65 bits per heavy atom. The molecule has 5 heteroatoms. The van der Waals surface area contributed by atoms with Crippen LogP contribution in [0.5, 0.6) is 0 Å². The molecule has 0 aliphatic carbocycles. The molecule has 1 N–H and O–H groups in total.